The average molecular weight is 587 g/mol. The number of primary amides is 1. The lowest BCUT2D eigenvalue weighted by atomic mass is 9.92. The minimum absolute atomic E-state index is 0.162. The summed E-state index contributed by atoms with van der Waals surface area (Å²) in [6.07, 6.45) is 4.54. The van der Waals surface area contributed by atoms with Gasteiger partial charge in [0.15, 0.2) is 0 Å². The van der Waals surface area contributed by atoms with Crippen molar-refractivity contribution in [3.05, 3.63) is 82.8 Å². The maximum atomic E-state index is 12.0. The Kier molecular flexibility index (Phi) is 7.50. The number of benzene rings is 2. The van der Waals surface area contributed by atoms with Gasteiger partial charge in [-0.1, -0.05) is 11.6 Å². The predicted octanol–water partition coefficient (Wildman–Crippen LogP) is 6.95. The third-order valence-electron chi connectivity index (χ3n) is 6.29. The molecule has 0 saturated carbocycles. The van der Waals surface area contributed by atoms with Crippen molar-refractivity contribution in [2.24, 2.45) is 5.73 Å². The molecule has 0 radical (unpaired) electrons. The molecule has 3 N–H and O–H groups in total. The van der Waals surface area contributed by atoms with Gasteiger partial charge in [-0.05, 0) is 81.3 Å². The highest BCUT2D eigenvalue weighted by Crippen LogP contribution is 2.45. The van der Waals surface area contributed by atoms with E-state index in [4.69, 9.17) is 27.1 Å². The number of pyridine rings is 2. The number of rotatable bonds is 7. The number of halogens is 1. The highest BCUT2D eigenvalue weighted by atomic mass is 35.5. The molecule has 5 rings (SSSR count). The number of carboxylic acids is 1. The van der Waals surface area contributed by atoms with Crippen molar-refractivity contribution in [1.82, 2.24) is 15.0 Å². The van der Waals surface area contributed by atoms with E-state index >= 15 is 0 Å². The zero-order chi connectivity index (χ0) is 29.5. The number of hydrogen-bond donors (Lipinski definition) is 2. The van der Waals surface area contributed by atoms with Crippen molar-refractivity contribution in [1.29, 1.82) is 0 Å². The van der Waals surface area contributed by atoms with Crippen molar-refractivity contribution in [3.8, 4) is 38.7 Å². The molecule has 1 amide bonds. The lowest BCUT2D eigenvalue weighted by molar-refractivity contribution is -0.136. The van der Waals surface area contributed by atoms with Gasteiger partial charge in [-0.2, -0.15) is 0 Å². The van der Waals surface area contributed by atoms with Crippen LogP contribution in [-0.4, -0.2) is 37.5 Å². The molecule has 0 bridgehead atoms. The van der Waals surface area contributed by atoms with E-state index in [0.717, 1.165) is 37.5 Å². The summed E-state index contributed by atoms with van der Waals surface area (Å²) in [4.78, 5) is 37.2. The van der Waals surface area contributed by atoms with Crippen molar-refractivity contribution < 1.29 is 19.4 Å². The van der Waals surface area contributed by atoms with E-state index in [1.807, 2.05) is 52.0 Å². The van der Waals surface area contributed by atoms with Gasteiger partial charge in [0, 0.05) is 45.9 Å². The van der Waals surface area contributed by atoms with Gasteiger partial charge in [-0.3, -0.25) is 19.6 Å². The Bertz CT molecular complexity index is 1830. The van der Waals surface area contributed by atoms with Gasteiger partial charge in [0.05, 0.1) is 27.9 Å². The Balaban J connectivity index is 1.72. The smallest absolute Gasteiger partial charge is 0.307 e. The molecule has 5 aromatic rings. The number of fused-ring (bicyclic) bond motifs is 1. The van der Waals surface area contributed by atoms with Crippen LogP contribution in [0, 0.1) is 6.92 Å². The lowest BCUT2D eigenvalue weighted by Gasteiger charge is -2.24. The number of carbonyl (C=O) groups excluding carboxylic acids is 1. The van der Waals surface area contributed by atoms with Crippen LogP contribution in [0.2, 0.25) is 5.02 Å². The minimum Gasteiger partial charge on any atom is -0.487 e. The average Bonchev–Trinajstić information content (AvgIpc) is 3.32. The van der Waals surface area contributed by atoms with Crippen molar-refractivity contribution in [3.63, 3.8) is 0 Å². The second-order valence-electron chi connectivity index (χ2n) is 10.6. The van der Waals surface area contributed by atoms with Gasteiger partial charge in [0.2, 0.25) is 5.91 Å². The Morgan fingerprint density at radius 2 is 1.85 bits per heavy atom. The molecular formula is C31H27ClN4O4S. The van der Waals surface area contributed by atoms with Crippen LogP contribution in [-0.2, 0) is 11.2 Å². The normalized spacial score (nSPS) is 11.5. The molecular weight excluding hydrogens is 560 g/mol. The molecule has 0 fully saturated rings. The quantitative estimate of drug-likeness (QED) is 0.211. The van der Waals surface area contributed by atoms with E-state index in [-0.39, 0.29) is 12.0 Å². The monoisotopic (exact) mass is 586 g/mol. The highest BCUT2D eigenvalue weighted by Gasteiger charge is 2.24. The van der Waals surface area contributed by atoms with E-state index in [1.165, 1.54) is 17.5 Å². The summed E-state index contributed by atoms with van der Waals surface area (Å²) in [5, 5.41) is 11.0. The number of carbonyl (C=O) groups is 2. The first-order valence-electron chi connectivity index (χ1n) is 12.7. The zero-order valence-electron chi connectivity index (χ0n) is 22.9. The minimum atomic E-state index is -0.934. The van der Waals surface area contributed by atoms with Crippen LogP contribution >= 0.6 is 22.9 Å². The molecule has 41 heavy (non-hydrogen) atoms. The Morgan fingerprint density at radius 3 is 2.56 bits per heavy atom. The number of nitrogens with two attached hydrogens (primary N) is 1. The number of amides is 1. The molecule has 0 aliphatic rings. The number of aromatic nitrogens is 3. The molecule has 0 saturated heterocycles. The van der Waals surface area contributed by atoms with E-state index in [1.54, 1.807) is 30.6 Å². The molecule has 3 heterocycles. The molecule has 0 spiro atoms. The molecule has 208 valence electrons. The molecule has 2 aromatic carbocycles. The van der Waals surface area contributed by atoms with Gasteiger partial charge in [0.1, 0.15) is 16.4 Å². The molecule has 0 unspecified atom stereocenters. The summed E-state index contributed by atoms with van der Waals surface area (Å²) in [6, 6.07) is 12.7. The fourth-order valence-corrected chi connectivity index (χ4v) is 5.86. The number of hydrogen-bond acceptors (Lipinski definition) is 7. The van der Waals surface area contributed by atoms with Crippen LogP contribution in [0.1, 0.15) is 42.3 Å². The summed E-state index contributed by atoms with van der Waals surface area (Å²) >= 11 is 7.82. The molecule has 0 atom stereocenters. The van der Waals surface area contributed by atoms with E-state index in [0.29, 0.717) is 27.6 Å². The first kappa shape index (κ1) is 28.2. The molecule has 3 aromatic heterocycles. The van der Waals surface area contributed by atoms with Gasteiger partial charge in [-0.15, -0.1) is 11.3 Å². The first-order valence-corrected chi connectivity index (χ1v) is 13.9. The van der Waals surface area contributed by atoms with Crippen LogP contribution < -0.4 is 10.5 Å². The summed E-state index contributed by atoms with van der Waals surface area (Å²) < 4.78 is 7.14. The Morgan fingerprint density at radius 1 is 1.07 bits per heavy atom. The number of aryl methyl sites for hydroxylation is 1. The SMILES string of the molecule is Cc1cc2nc(-c3ccnc(-c4cncc(C(N)=O)c4)c3)sc2c(-c2ccc(Cl)cc2OC(C)(C)C)c1CC(=O)O. The van der Waals surface area contributed by atoms with Crippen molar-refractivity contribution in [2.45, 2.75) is 39.7 Å². The van der Waals surface area contributed by atoms with Crippen LogP contribution in [0.25, 0.3) is 43.2 Å². The topological polar surface area (TPSA) is 128 Å². The Hall–Kier alpha value is -4.34. The van der Waals surface area contributed by atoms with Crippen LogP contribution in [0.4, 0.5) is 0 Å². The Labute approximate surface area is 245 Å². The number of ether oxygens (including phenoxy) is 1. The predicted molar refractivity (Wildman–Crippen MR) is 162 cm³/mol. The number of thiazole rings is 1. The van der Waals surface area contributed by atoms with E-state index in [2.05, 4.69) is 9.97 Å². The molecule has 0 aliphatic carbocycles. The largest absolute Gasteiger partial charge is 0.487 e. The fourth-order valence-electron chi connectivity index (χ4n) is 4.58. The van der Waals surface area contributed by atoms with Gasteiger partial charge in [0.25, 0.3) is 0 Å². The standard InChI is InChI=1S/C31H27ClN4O4S/c1-16-9-24-28(27(22(16)13-26(37)38)21-6-5-20(32)12-25(21)40-31(2,3)4)41-30(36-24)17-7-8-35-23(11-17)18-10-19(29(33)39)15-34-14-18/h5-12,14-15H,13H2,1-4H3,(H2,33,39)(H,37,38). The second-order valence-corrected chi connectivity index (χ2v) is 12.0. The third-order valence-corrected chi connectivity index (χ3v) is 7.67. The second kappa shape index (κ2) is 10.9. The number of carboxylic acid groups (broad SMARTS) is 1. The van der Waals surface area contributed by atoms with Crippen LogP contribution in [0.15, 0.2) is 61.1 Å². The van der Waals surface area contributed by atoms with Gasteiger partial charge in [-0.25, -0.2) is 4.98 Å². The van der Waals surface area contributed by atoms with E-state index < -0.39 is 17.5 Å². The van der Waals surface area contributed by atoms with Crippen molar-refractivity contribution in [2.75, 3.05) is 0 Å². The van der Waals surface area contributed by atoms with Crippen molar-refractivity contribution >= 4 is 45.0 Å². The summed E-state index contributed by atoms with van der Waals surface area (Å²) in [5.41, 5.74) is 11.0. The van der Waals surface area contributed by atoms with Gasteiger partial charge >= 0.3 is 5.97 Å². The zero-order valence-corrected chi connectivity index (χ0v) is 24.4. The molecule has 10 heteroatoms. The number of nitrogens with zero attached hydrogens (tertiary/aromatic N) is 3. The molecule has 8 nitrogen and oxygen atoms in total. The van der Waals surface area contributed by atoms with Crippen LogP contribution in [0.5, 0.6) is 5.75 Å². The fraction of sp³-hybridized carbons (Fsp3) is 0.194. The summed E-state index contributed by atoms with van der Waals surface area (Å²) in [7, 11) is 0. The van der Waals surface area contributed by atoms with Gasteiger partial charge < -0.3 is 15.6 Å². The van der Waals surface area contributed by atoms with Crippen LogP contribution in [0.3, 0.4) is 0 Å². The first-order chi connectivity index (χ1) is 19.4. The highest BCUT2D eigenvalue weighted by molar-refractivity contribution is 7.22. The van der Waals surface area contributed by atoms with E-state index in [9.17, 15) is 14.7 Å². The molecule has 0 aliphatic heterocycles. The number of aliphatic carboxylic acids is 1. The third kappa shape index (κ3) is 6.06. The maximum Gasteiger partial charge on any atom is 0.307 e. The maximum absolute atomic E-state index is 12.0. The lowest BCUT2D eigenvalue weighted by Crippen LogP contribution is -2.23. The summed E-state index contributed by atoms with van der Waals surface area (Å²) in [6.45, 7) is 7.73. The summed E-state index contributed by atoms with van der Waals surface area (Å²) in [5.74, 6) is -0.943.